The molecule has 1 heterocycles. The van der Waals surface area contributed by atoms with Crippen molar-refractivity contribution in [1.82, 2.24) is 9.80 Å². The van der Waals surface area contributed by atoms with Crippen LogP contribution in [-0.4, -0.2) is 59.4 Å². The molecule has 0 saturated heterocycles. The third-order valence-corrected chi connectivity index (χ3v) is 6.46. The van der Waals surface area contributed by atoms with Crippen molar-refractivity contribution in [2.45, 2.75) is 39.3 Å². The van der Waals surface area contributed by atoms with Crippen molar-refractivity contribution < 1.29 is 28.4 Å². The van der Waals surface area contributed by atoms with Gasteiger partial charge in [0, 0.05) is 23.7 Å². The largest absolute Gasteiger partial charge is 0.493 e. The fraction of sp³-hybridized carbons (Fsp3) is 0.357. The summed E-state index contributed by atoms with van der Waals surface area (Å²) in [5.41, 5.74) is -0.142. The summed E-state index contributed by atoms with van der Waals surface area (Å²) in [5.74, 6) is 0.955. The standard InChI is InChI=1S/C28H32ClN3O7/c1-28(2,3)31(27(34)20-9-10-22(29)23(16-20)32(35)36)18-26(33)30(17-21-7-6-14-39-21)13-12-19-8-11-24(37-4)25(15-19)38-5/h6-11,14-16H,12-13,17-18H2,1-5H3. The van der Waals surface area contributed by atoms with Crippen molar-refractivity contribution >= 4 is 29.1 Å². The summed E-state index contributed by atoms with van der Waals surface area (Å²) < 4.78 is 16.2. The number of hydrogen-bond donors (Lipinski definition) is 0. The quantitative estimate of drug-likeness (QED) is 0.230. The first-order valence-corrected chi connectivity index (χ1v) is 12.6. The summed E-state index contributed by atoms with van der Waals surface area (Å²) in [5, 5.41) is 11.3. The van der Waals surface area contributed by atoms with Gasteiger partial charge >= 0.3 is 0 Å². The second-order valence-electron chi connectivity index (χ2n) is 9.82. The van der Waals surface area contributed by atoms with Crippen LogP contribution in [0.3, 0.4) is 0 Å². The topological polar surface area (TPSA) is 115 Å². The summed E-state index contributed by atoms with van der Waals surface area (Å²) in [6, 6.07) is 12.9. The molecule has 0 aliphatic heterocycles. The van der Waals surface area contributed by atoms with Gasteiger partial charge in [0.1, 0.15) is 17.3 Å². The zero-order valence-corrected chi connectivity index (χ0v) is 23.4. The van der Waals surface area contributed by atoms with Gasteiger partial charge in [-0.25, -0.2) is 0 Å². The molecule has 0 bridgehead atoms. The van der Waals surface area contributed by atoms with Gasteiger partial charge in [-0.1, -0.05) is 17.7 Å². The van der Waals surface area contributed by atoms with Crippen molar-refractivity contribution in [2.24, 2.45) is 0 Å². The first-order valence-electron chi connectivity index (χ1n) is 12.2. The van der Waals surface area contributed by atoms with Gasteiger partial charge in [0.2, 0.25) is 5.91 Å². The Labute approximate surface area is 232 Å². The SMILES string of the molecule is COc1ccc(CCN(Cc2ccco2)C(=O)CN(C(=O)c2ccc(Cl)c([N+](=O)[O-])c2)C(C)(C)C)cc1OC. The maximum absolute atomic E-state index is 13.7. The first kappa shape index (κ1) is 29.5. The number of nitro groups is 1. The zero-order chi connectivity index (χ0) is 28.7. The van der Waals surface area contributed by atoms with Gasteiger partial charge in [0.05, 0.1) is 32.0 Å². The summed E-state index contributed by atoms with van der Waals surface area (Å²) in [7, 11) is 3.12. The van der Waals surface area contributed by atoms with E-state index in [0.29, 0.717) is 30.2 Å². The third-order valence-electron chi connectivity index (χ3n) is 6.14. The van der Waals surface area contributed by atoms with E-state index in [4.69, 9.17) is 25.5 Å². The van der Waals surface area contributed by atoms with Crippen molar-refractivity contribution in [3.05, 3.63) is 86.8 Å². The molecule has 0 radical (unpaired) electrons. The Morgan fingerprint density at radius 1 is 1.05 bits per heavy atom. The molecule has 0 aliphatic rings. The lowest BCUT2D eigenvalue weighted by molar-refractivity contribution is -0.384. The highest BCUT2D eigenvalue weighted by Crippen LogP contribution is 2.29. The minimum atomic E-state index is -0.763. The van der Waals surface area contributed by atoms with Crippen LogP contribution in [0.5, 0.6) is 11.5 Å². The number of hydrogen-bond acceptors (Lipinski definition) is 7. The lowest BCUT2D eigenvalue weighted by Gasteiger charge is -2.36. The van der Waals surface area contributed by atoms with Crippen LogP contribution in [0.15, 0.2) is 59.2 Å². The van der Waals surface area contributed by atoms with Gasteiger partial charge < -0.3 is 23.7 Å². The monoisotopic (exact) mass is 557 g/mol. The Morgan fingerprint density at radius 3 is 2.36 bits per heavy atom. The molecule has 2 amide bonds. The van der Waals surface area contributed by atoms with Crippen LogP contribution < -0.4 is 9.47 Å². The molecule has 208 valence electrons. The molecule has 39 heavy (non-hydrogen) atoms. The second-order valence-corrected chi connectivity index (χ2v) is 10.2. The highest BCUT2D eigenvalue weighted by Gasteiger charge is 2.32. The molecule has 2 aromatic carbocycles. The van der Waals surface area contributed by atoms with Crippen LogP contribution in [0.25, 0.3) is 0 Å². The average Bonchev–Trinajstić information content (AvgIpc) is 3.41. The van der Waals surface area contributed by atoms with E-state index in [2.05, 4.69) is 0 Å². The van der Waals surface area contributed by atoms with Crippen LogP contribution >= 0.6 is 11.6 Å². The number of ether oxygens (including phenoxy) is 2. The number of furan rings is 1. The Morgan fingerprint density at radius 2 is 1.77 bits per heavy atom. The predicted octanol–water partition coefficient (Wildman–Crippen LogP) is 5.37. The van der Waals surface area contributed by atoms with Gasteiger partial charge in [0.25, 0.3) is 11.6 Å². The molecule has 11 heteroatoms. The highest BCUT2D eigenvalue weighted by molar-refractivity contribution is 6.32. The minimum absolute atomic E-state index is 0.0664. The van der Waals surface area contributed by atoms with E-state index in [1.54, 1.807) is 58.1 Å². The lowest BCUT2D eigenvalue weighted by Crippen LogP contribution is -2.51. The molecule has 0 atom stereocenters. The minimum Gasteiger partial charge on any atom is -0.493 e. The van der Waals surface area contributed by atoms with Crippen LogP contribution in [0, 0.1) is 10.1 Å². The Balaban J connectivity index is 1.85. The van der Waals surface area contributed by atoms with Gasteiger partial charge in [0.15, 0.2) is 11.5 Å². The van der Waals surface area contributed by atoms with Crippen LogP contribution in [0.4, 0.5) is 5.69 Å². The molecule has 0 N–H and O–H groups in total. The van der Waals surface area contributed by atoms with Crippen LogP contribution in [0.1, 0.15) is 42.5 Å². The van der Waals surface area contributed by atoms with E-state index < -0.39 is 16.4 Å². The van der Waals surface area contributed by atoms with E-state index in [1.807, 2.05) is 12.1 Å². The van der Waals surface area contributed by atoms with Gasteiger partial charge in [-0.15, -0.1) is 0 Å². The first-order chi connectivity index (χ1) is 18.4. The van der Waals surface area contributed by atoms with Crippen molar-refractivity contribution in [2.75, 3.05) is 27.3 Å². The summed E-state index contributed by atoms with van der Waals surface area (Å²) in [6.07, 6.45) is 2.05. The van der Waals surface area contributed by atoms with E-state index in [-0.39, 0.29) is 35.3 Å². The van der Waals surface area contributed by atoms with Crippen molar-refractivity contribution in [3.63, 3.8) is 0 Å². The normalized spacial score (nSPS) is 11.1. The summed E-state index contributed by atoms with van der Waals surface area (Å²) in [4.78, 5) is 40.9. The smallest absolute Gasteiger partial charge is 0.288 e. The molecule has 0 aliphatic carbocycles. The molecule has 0 fully saturated rings. The number of rotatable bonds is 11. The van der Waals surface area contributed by atoms with Gasteiger partial charge in [-0.3, -0.25) is 19.7 Å². The molecular weight excluding hydrogens is 526 g/mol. The Kier molecular flexibility index (Phi) is 9.58. The van der Waals surface area contributed by atoms with Crippen molar-refractivity contribution in [3.8, 4) is 11.5 Å². The maximum Gasteiger partial charge on any atom is 0.288 e. The van der Waals surface area contributed by atoms with Gasteiger partial charge in [-0.2, -0.15) is 0 Å². The number of nitro benzene ring substituents is 1. The number of methoxy groups -OCH3 is 2. The number of amides is 2. The van der Waals surface area contributed by atoms with E-state index >= 15 is 0 Å². The number of carbonyl (C=O) groups excluding carboxylic acids is 2. The maximum atomic E-state index is 13.7. The van der Waals surface area contributed by atoms with Crippen LogP contribution in [-0.2, 0) is 17.8 Å². The number of nitrogens with zero attached hydrogens (tertiary/aromatic N) is 3. The average molecular weight is 558 g/mol. The molecular formula is C28H32ClN3O7. The Hall–Kier alpha value is -4.05. The number of halogens is 1. The van der Waals surface area contributed by atoms with E-state index in [9.17, 15) is 19.7 Å². The van der Waals surface area contributed by atoms with E-state index in [0.717, 1.165) is 11.6 Å². The lowest BCUT2D eigenvalue weighted by atomic mass is 10.0. The van der Waals surface area contributed by atoms with Crippen LogP contribution in [0.2, 0.25) is 5.02 Å². The number of benzene rings is 2. The highest BCUT2D eigenvalue weighted by atomic mass is 35.5. The molecule has 3 rings (SSSR count). The van der Waals surface area contributed by atoms with Gasteiger partial charge in [-0.05, 0) is 69.2 Å². The molecule has 0 spiro atoms. The molecule has 0 saturated carbocycles. The molecule has 0 unspecified atom stereocenters. The zero-order valence-electron chi connectivity index (χ0n) is 22.6. The molecule has 3 aromatic rings. The molecule has 10 nitrogen and oxygen atoms in total. The second kappa shape index (κ2) is 12.7. The van der Waals surface area contributed by atoms with E-state index in [1.165, 1.54) is 23.3 Å². The predicted molar refractivity (Wildman–Crippen MR) is 146 cm³/mol. The number of carbonyl (C=O) groups is 2. The summed E-state index contributed by atoms with van der Waals surface area (Å²) in [6.45, 7) is 5.69. The fourth-order valence-corrected chi connectivity index (χ4v) is 4.16. The van der Waals surface area contributed by atoms with Crippen molar-refractivity contribution in [1.29, 1.82) is 0 Å². The Bertz CT molecular complexity index is 1320. The molecule has 1 aromatic heterocycles. The third kappa shape index (κ3) is 7.51. The summed E-state index contributed by atoms with van der Waals surface area (Å²) >= 11 is 5.93. The fourth-order valence-electron chi connectivity index (χ4n) is 3.97.